The van der Waals surface area contributed by atoms with Gasteiger partial charge in [-0.25, -0.2) is 4.98 Å². The molecule has 2 heterocycles. The minimum absolute atomic E-state index is 0.130. The van der Waals surface area contributed by atoms with Crippen molar-refractivity contribution in [3.8, 4) is 34.2 Å². The van der Waals surface area contributed by atoms with E-state index in [0.717, 1.165) is 28.8 Å². The third-order valence-corrected chi connectivity index (χ3v) is 8.97. The molecule has 0 bridgehead atoms. The fraction of sp³-hybridized carbons (Fsp3) is 0.111. The van der Waals surface area contributed by atoms with Crippen LogP contribution in [0.15, 0.2) is 107 Å². The van der Waals surface area contributed by atoms with Crippen LogP contribution >= 0.6 is 23.1 Å². The van der Waals surface area contributed by atoms with E-state index in [1.165, 1.54) is 36.7 Å². The lowest BCUT2D eigenvalue weighted by atomic mass is 9.98. The number of thiophene rings is 1. The second kappa shape index (κ2) is 14.5. The Bertz CT molecular complexity index is 1950. The second-order valence-corrected chi connectivity index (χ2v) is 12.5. The summed E-state index contributed by atoms with van der Waals surface area (Å²) >= 11 is 2.58. The maximum absolute atomic E-state index is 13.3. The zero-order chi connectivity index (χ0) is 33.6. The van der Waals surface area contributed by atoms with Crippen LogP contribution in [0.1, 0.15) is 33.3 Å². The van der Waals surface area contributed by atoms with Crippen molar-refractivity contribution in [3.63, 3.8) is 0 Å². The van der Waals surface area contributed by atoms with E-state index in [-0.39, 0.29) is 22.3 Å². The van der Waals surface area contributed by atoms with Gasteiger partial charge in [-0.2, -0.15) is 18.4 Å². The molecule has 0 spiro atoms. The number of thioether (sulfide) groups is 1. The number of methoxy groups -OCH3 is 1. The van der Waals surface area contributed by atoms with Gasteiger partial charge in [-0.05, 0) is 103 Å². The summed E-state index contributed by atoms with van der Waals surface area (Å²) in [5, 5.41) is 14.5. The van der Waals surface area contributed by atoms with Crippen LogP contribution in [0.2, 0.25) is 0 Å². The molecule has 1 N–H and O–H groups in total. The number of ketones is 1. The zero-order valence-corrected chi connectivity index (χ0v) is 26.7. The van der Waals surface area contributed by atoms with E-state index in [4.69, 9.17) is 9.72 Å². The molecule has 0 aliphatic heterocycles. The van der Waals surface area contributed by atoms with Crippen molar-refractivity contribution in [1.82, 2.24) is 4.98 Å². The van der Waals surface area contributed by atoms with Crippen LogP contribution in [0.3, 0.4) is 0 Å². The monoisotopic (exact) mass is 669 g/mol. The number of hydrogen-bond acceptors (Lipinski definition) is 7. The van der Waals surface area contributed by atoms with Crippen molar-refractivity contribution in [1.29, 1.82) is 5.26 Å². The molecular weight excluding hydrogens is 644 g/mol. The first kappa shape index (κ1) is 33.2. The Morgan fingerprint density at radius 1 is 1.00 bits per heavy atom. The van der Waals surface area contributed by atoms with Gasteiger partial charge < -0.3 is 10.1 Å². The van der Waals surface area contributed by atoms with E-state index in [1.807, 2.05) is 17.5 Å². The number of carbonyl (C=O) groups excluding carboxylic acids is 2. The number of rotatable bonds is 10. The molecule has 0 aliphatic rings. The Labute approximate surface area is 277 Å². The minimum Gasteiger partial charge on any atom is -0.497 e. The summed E-state index contributed by atoms with van der Waals surface area (Å²) in [6.45, 7) is 1.66. The van der Waals surface area contributed by atoms with Crippen LogP contribution in [0.4, 0.5) is 18.9 Å². The molecule has 47 heavy (non-hydrogen) atoms. The van der Waals surface area contributed by atoms with Gasteiger partial charge in [0, 0.05) is 27.3 Å². The second-order valence-electron chi connectivity index (χ2n) is 10.2. The standard InChI is InChI=1S/C36H26F3N3O3S2/c1-22(34(44)41-27-13-7-25(8-14-27)33(43)18-17-29-4-3-19-46-29)47-35-31(21-40)30(23-5-11-26(12-6-23)36(37,38)39)20-32(42-35)24-9-15-28(45-2)16-10-24/h3-20,22H,1-2H3,(H,41,44)/b18-17+/t22-/m0/s1. The molecule has 6 nitrogen and oxygen atoms in total. The molecule has 2 aromatic heterocycles. The molecule has 5 rings (SSSR count). The van der Waals surface area contributed by atoms with Crippen LogP contribution < -0.4 is 10.1 Å². The van der Waals surface area contributed by atoms with Crippen molar-refractivity contribution in [2.24, 2.45) is 0 Å². The molecule has 0 fully saturated rings. The average Bonchev–Trinajstić information content (AvgIpc) is 3.61. The Hall–Kier alpha value is -5.18. The van der Waals surface area contributed by atoms with Crippen LogP contribution in [-0.4, -0.2) is 29.0 Å². The summed E-state index contributed by atoms with van der Waals surface area (Å²) in [7, 11) is 1.54. The number of aromatic nitrogens is 1. The van der Waals surface area contributed by atoms with E-state index in [0.29, 0.717) is 39.4 Å². The number of allylic oxidation sites excluding steroid dienone is 1. The molecule has 0 radical (unpaired) electrons. The topological polar surface area (TPSA) is 92.1 Å². The van der Waals surface area contributed by atoms with Gasteiger partial charge in [0.15, 0.2) is 5.78 Å². The van der Waals surface area contributed by atoms with Crippen LogP contribution in [0, 0.1) is 11.3 Å². The average molecular weight is 670 g/mol. The number of pyridine rings is 1. The van der Waals surface area contributed by atoms with Crippen molar-refractivity contribution in [2.75, 3.05) is 12.4 Å². The first-order valence-electron chi connectivity index (χ1n) is 14.2. The van der Waals surface area contributed by atoms with Crippen LogP contribution in [-0.2, 0) is 11.0 Å². The minimum atomic E-state index is -4.51. The highest BCUT2D eigenvalue weighted by atomic mass is 32.2. The number of nitriles is 1. The molecule has 1 atom stereocenters. The number of carbonyl (C=O) groups is 2. The number of nitrogens with one attached hydrogen (secondary N) is 1. The fourth-order valence-electron chi connectivity index (χ4n) is 4.51. The lowest BCUT2D eigenvalue weighted by Gasteiger charge is -2.16. The zero-order valence-electron chi connectivity index (χ0n) is 25.0. The number of ether oxygens (including phenoxy) is 1. The van der Waals surface area contributed by atoms with E-state index in [2.05, 4.69) is 11.4 Å². The quantitative estimate of drug-likeness (QED) is 0.0905. The number of benzene rings is 3. The number of halogens is 3. The predicted octanol–water partition coefficient (Wildman–Crippen LogP) is 9.39. The third-order valence-electron chi connectivity index (χ3n) is 7.04. The van der Waals surface area contributed by atoms with Crippen molar-refractivity contribution in [2.45, 2.75) is 23.4 Å². The number of anilines is 1. The number of alkyl halides is 3. The molecule has 0 unspecified atom stereocenters. The first-order chi connectivity index (χ1) is 22.5. The summed E-state index contributed by atoms with van der Waals surface area (Å²) in [4.78, 5) is 31.4. The van der Waals surface area contributed by atoms with Crippen LogP contribution in [0.25, 0.3) is 28.5 Å². The Balaban J connectivity index is 1.40. The Morgan fingerprint density at radius 2 is 1.68 bits per heavy atom. The van der Waals surface area contributed by atoms with E-state index < -0.39 is 17.0 Å². The molecule has 236 valence electrons. The van der Waals surface area contributed by atoms with Gasteiger partial charge in [0.05, 0.1) is 29.2 Å². The van der Waals surface area contributed by atoms with E-state index in [9.17, 15) is 28.0 Å². The van der Waals surface area contributed by atoms with Gasteiger partial charge in [0.2, 0.25) is 5.91 Å². The van der Waals surface area contributed by atoms with Gasteiger partial charge in [0.1, 0.15) is 16.8 Å². The summed E-state index contributed by atoms with van der Waals surface area (Å²) < 4.78 is 45.0. The Kier molecular flexibility index (Phi) is 10.2. The lowest BCUT2D eigenvalue weighted by Crippen LogP contribution is -2.22. The van der Waals surface area contributed by atoms with Crippen molar-refractivity contribution < 1.29 is 27.5 Å². The number of nitrogens with zero attached hydrogens (tertiary/aromatic N) is 2. The summed E-state index contributed by atoms with van der Waals surface area (Å²) in [5.74, 6) is 0.0803. The predicted molar refractivity (Wildman–Crippen MR) is 179 cm³/mol. The number of amides is 1. The van der Waals surface area contributed by atoms with Gasteiger partial charge in [-0.1, -0.05) is 30.0 Å². The normalized spacial score (nSPS) is 12.0. The maximum Gasteiger partial charge on any atom is 0.416 e. The number of hydrogen-bond donors (Lipinski definition) is 1. The molecule has 11 heteroatoms. The van der Waals surface area contributed by atoms with Gasteiger partial charge >= 0.3 is 6.18 Å². The molecule has 0 aliphatic carbocycles. The highest BCUT2D eigenvalue weighted by Gasteiger charge is 2.30. The lowest BCUT2D eigenvalue weighted by molar-refractivity contribution is -0.137. The first-order valence-corrected chi connectivity index (χ1v) is 15.9. The maximum atomic E-state index is 13.3. The largest absolute Gasteiger partial charge is 0.497 e. The third kappa shape index (κ3) is 8.16. The molecule has 0 saturated heterocycles. The smallest absolute Gasteiger partial charge is 0.416 e. The summed E-state index contributed by atoms with van der Waals surface area (Å²) in [6.07, 6.45) is -1.27. The van der Waals surface area contributed by atoms with Gasteiger partial charge in [0.25, 0.3) is 0 Å². The van der Waals surface area contributed by atoms with E-state index in [1.54, 1.807) is 67.6 Å². The van der Waals surface area contributed by atoms with Crippen LogP contribution in [0.5, 0.6) is 5.75 Å². The fourth-order valence-corrected chi connectivity index (χ4v) is 6.06. The van der Waals surface area contributed by atoms with Crippen molar-refractivity contribution >= 4 is 46.6 Å². The molecule has 5 aromatic rings. The highest BCUT2D eigenvalue weighted by Crippen LogP contribution is 2.38. The molecular formula is C36H26F3N3O3S2. The molecule has 3 aromatic carbocycles. The molecule has 0 saturated carbocycles. The summed E-state index contributed by atoms with van der Waals surface area (Å²) in [5.41, 5.74) is 2.18. The van der Waals surface area contributed by atoms with Gasteiger partial charge in [-0.15, -0.1) is 11.3 Å². The Morgan fingerprint density at radius 3 is 2.28 bits per heavy atom. The van der Waals surface area contributed by atoms with E-state index >= 15 is 0 Å². The van der Waals surface area contributed by atoms with Crippen molar-refractivity contribution in [3.05, 3.63) is 124 Å². The molecule has 1 amide bonds. The highest BCUT2D eigenvalue weighted by molar-refractivity contribution is 8.00. The van der Waals surface area contributed by atoms with Gasteiger partial charge in [-0.3, -0.25) is 9.59 Å². The summed E-state index contributed by atoms with van der Waals surface area (Å²) in [6, 6.07) is 25.7. The SMILES string of the molecule is COc1ccc(-c2cc(-c3ccc(C(F)(F)F)cc3)c(C#N)c(S[C@@H](C)C(=O)Nc3ccc(C(=O)/C=C/c4cccs4)cc3)n2)cc1.